The van der Waals surface area contributed by atoms with Crippen LogP contribution in [-0.4, -0.2) is 71.5 Å². The third-order valence-corrected chi connectivity index (χ3v) is 6.14. The predicted octanol–water partition coefficient (Wildman–Crippen LogP) is 1.11. The van der Waals surface area contributed by atoms with E-state index in [2.05, 4.69) is 25.0 Å². The van der Waals surface area contributed by atoms with E-state index in [1.165, 1.54) is 29.0 Å². The number of nitrogens with zero attached hydrogens (tertiary/aromatic N) is 6. The molecule has 0 radical (unpaired) electrons. The van der Waals surface area contributed by atoms with Gasteiger partial charge in [0.1, 0.15) is 17.8 Å². The van der Waals surface area contributed by atoms with Crippen molar-refractivity contribution in [2.75, 3.05) is 33.2 Å². The minimum atomic E-state index is -3.50. The van der Waals surface area contributed by atoms with Crippen LogP contribution in [0.25, 0.3) is 0 Å². The summed E-state index contributed by atoms with van der Waals surface area (Å²) in [5.74, 6) is 0.467. The van der Waals surface area contributed by atoms with Crippen LogP contribution in [0.5, 0.6) is 0 Å². The van der Waals surface area contributed by atoms with E-state index in [1.54, 1.807) is 7.05 Å². The number of rotatable bonds is 6. The number of imidazole rings is 1. The molecule has 0 atom stereocenters. The molecule has 1 saturated heterocycles. The van der Waals surface area contributed by atoms with Gasteiger partial charge in [-0.15, -0.1) is 24.0 Å². The van der Waals surface area contributed by atoms with Crippen molar-refractivity contribution in [2.24, 2.45) is 4.99 Å². The van der Waals surface area contributed by atoms with Crippen LogP contribution in [0, 0.1) is 0 Å². The fourth-order valence-corrected chi connectivity index (χ4v) is 4.34. The molecule has 1 N–H and O–H groups in total. The van der Waals surface area contributed by atoms with E-state index in [0.717, 1.165) is 4.57 Å². The lowest BCUT2D eigenvalue weighted by atomic mass is 10.4. The summed E-state index contributed by atoms with van der Waals surface area (Å²) >= 11 is 0. The van der Waals surface area contributed by atoms with E-state index in [-0.39, 0.29) is 55.2 Å². The monoisotopic (exact) mass is 545 g/mol. The maximum Gasteiger partial charge on any atom is 0.319 e. The molecule has 29 heavy (non-hydrogen) atoms. The molecule has 1 fully saturated rings. The molecule has 2 aromatic rings. The van der Waals surface area contributed by atoms with E-state index >= 15 is 0 Å². The van der Waals surface area contributed by atoms with Gasteiger partial charge in [-0.05, 0) is 0 Å². The van der Waals surface area contributed by atoms with Crippen molar-refractivity contribution in [3.8, 4) is 0 Å². The van der Waals surface area contributed by atoms with Crippen molar-refractivity contribution in [3.63, 3.8) is 0 Å². The highest BCUT2D eigenvalue weighted by molar-refractivity contribution is 14.0. The highest BCUT2D eigenvalue weighted by Gasteiger charge is 2.29. The number of aliphatic imine (C=N–C) groups is 1. The van der Waals surface area contributed by atoms with Gasteiger partial charge in [0, 0.05) is 51.7 Å². The summed E-state index contributed by atoms with van der Waals surface area (Å²) in [7, 11) is -1.92. The first kappa shape index (κ1) is 23.5. The topological polar surface area (TPSA) is 109 Å². The smallest absolute Gasteiger partial charge is 0.319 e. The quantitative estimate of drug-likeness (QED) is 0.329. The number of guanidine groups is 1. The lowest BCUT2D eigenvalue weighted by Gasteiger charge is -2.35. The molecule has 0 unspecified atom stereocenters. The third-order valence-electron chi connectivity index (χ3n) is 4.33. The van der Waals surface area contributed by atoms with Crippen LogP contribution in [-0.2, 0) is 22.3 Å². The number of halogens is 3. The zero-order valence-electron chi connectivity index (χ0n) is 15.6. The number of hydrogen-bond donors (Lipinski definition) is 1. The fourth-order valence-electron chi connectivity index (χ4n) is 2.92. The SMILES string of the molecule is CN=C(NCc1nccn1C(F)F)N1CCN(S(=O)(=O)Cc2ccon2)CC1.I. The van der Waals surface area contributed by atoms with Gasteiger partial charge in [-0.25, -0.2) is 13.4 Å². The summed E-state index contributed by atoms with van der Waals surface area (Å²) in [5.41, 5.74) is 0.356. The van der Waals surface area contributed by atoms with Gasteiger partial charge < -0.3 is 14.7 Å². The average molecular weight is 545 g/mol. The molecule has 0 bridgehead atoms. The number of alkyl halides is 2. The van der Waals surface area contributed by atoms with E-state index in [4.69, 9.17) is 0 Å². The first-order chi connectivity index (χ1) is 13.4. The highest BCUT2D eigenvalue weighted by Crippen LogP contribution is 2.14. The number of piperazine rings is 1. The average Bonchev–Trinajstić information content (AvgIpc) is 3.34. The Morgan fingerprint density at radius 1 is 1.34 bits per heavy atom. The van der Waals surface area contributed by atoms with Crippen molar-refractivity contribution in [3.05, 3.63) is 36.2 Å². The van der Waals surface area contributed by atoms with Crippen LogP contribution in [0.1, 0.15) is 18.1 Å². The van der Waals surface area contributed by atoms with Gasteiger partial charge in [-0.3, -0.25) is 9.56 Å². The maximum absolute atomic E-state index is 12.9. The van der Waals surface area contributed by atoms with Crippen molar-refractivity contribution in [1.82, 2.24) is 29.2 Å². The highest BCUT2D eigenvalue weighted by atomic mass is 127. The van der Waals surface area contributed by atoms with Crippen LogP contribution in [0.2, 0.25) is 0 Å². The summed E-state index contributed by atoms with van der Waals surface area (Å²) in [5, 5.41) is 6.63. The minimum Gasteiger partial charge on any atom is -0.364 e. The summed E-state index contributed by atoms with van der Waals surface area (Å²) in [6.45, 7) is -1.18. The maximum atomic E-state index is 12.9. The molecule has 3 heterocycles. The summed E-state index contributed by atoms with van der Waals surface area (Å²) in [4.78, 5) is 9.94. The zero-order valence-corrected chi connectivity index (χ0v) is 18.8. The molecule has 0 spiro atoms. The van der Waals surface area contributed by atoms with Gasteiger partial charge in [0.25, 0.3) is 0 Å². The van der Waals surface area contributed by atoms with Gasteiger partial charge >= 0.3 is 6.55 Å². The Bertz CT molecular complexity index is 897. The molecule has 0 aromatic carbocycles. The van der Waals surface area contributed by atoms with Crippen LogP contribution in [0.4, 0.5) is 8.78 Å². The number of hydrogen-bond acceptors (Lipinski definition) is 6. The molecule has 0 saturated carbocycles. The first-order valence-corrected chi connectivity index (χ1v) is 10.1. The normalized spacial score (nSPS) is 16.1. The number of sulfonamides is 1. The zero-order chi connectivity index (χ0) is 20.1. The molecular formula is C15H22F2IN7O3S. The van der Waals surface area contributed by atoms with Crippen LogP contribution < -0.4 is 5.32 Å². The molecule has 1 aliphatic rings. The van der Waals surface area contributed by atoms with E-state index in [1.807, 2.05) is 4.90 Å². The van der Waals surface area contributed by atoms with E-state index in [0.29, 0.717) is 24.7 Å². The predicted molar refractivity (Wildman–Crippen MR) is 111 cm³/mol. The van der Waals surface area contributed by atoms with Gasteiger partial charge in [-0.1, -0.05) is 5.16 Å². The van der Waals surface area contributed by atoms with Crippen molar-refractivity contribution in [2.45, 2.75) is 18.8 Å². The number of nitrogens with one attached hydrogen (secondary N) is 1. The minimum absolute atomic E-state index is 0. The standard InChI is InChI=1S/C15H21F2N7O3S.HI/c1-18-15(20-10-13-19-3-4-24(13)14(16)17)22-5-7-23(8-6-22)28(25,26)11-12-2-9-27-21-12;/h2-4,9,14H,5-8,10-11H2,1H3,(H,18,20);1H. The first-order valence-electron chi connectivity index (χ1n) is 8.53. The second-order valence-corrected chi connectivity index (χ2v) is 8.03. The van der Waals surface area contributed by atoms with Crippen molar-refractivity contribution in [1.29, 1.82) is 0 Å². The largest absolute Gasteiger partial charge is 0.364 e. The van der Waals surface area contributed by atoms with Crippen LogP contribution in [0.15, 0.2) is 34.2 Å². The lowest BCUT2D eigenvalue weighted by Crippen LogP contribution is -2.53. The third kappa shape index (κ3) is 5.85. The molecule has 0 amide bonds. The van der Waals surface area contributed by atoms with Crippen LogP contribution in [0.3, 0.4) is 0 Å². The molecule has 162 valence electrons. The molecule has 14 heteroatoms. The molecular weight excluding hydrogens is 523 g/mol. The summed E-state index contributed by atoms with van der Waals surface area (Å²) in [6, 6.07) is 1.52. The fraction of sp³-hybridized carbons (Fsp3) is 0.533. The molecule has 0 aliphatic carbocycles. The molecule has 10 nitrogen and oxygen atoms in total. The number of aromatic nitrogens is 3. The van der Waals surface area contributed by atoms with Gasteiger partial charge in [-0.2, -0.15) is 13.1 Å². The lowest BCUT2D eigenvalue weighted by molar-refractivity contribution is 0.0668. The Kier molecular flexibility index (Phi) is 8.33. The van der Waals surface area contributed by atoms with Crippen molar-refractivity contribution < 1.29 is 21.7 Å². The Labute approximate surface area is 184 Å². The molecule has 3 rings (SSSR count). The van der Waals surface area contributed by atoms with Crippen molar-refractivity contribution >= 4 is 40.0 Å². The second-order valence-electron chi connectivity index (χ2n) is 6.06. The van der Waals surface area contributed by atoms with Gasteiger partial charge in [0.15, 0.2) is 5.96 Å². The second kappa shape index (κ2) is 10.3. The van der Waals surface area contributed by atoms with Gasteiger partial charge in [0.2, 0.25) is 10.0 Å². The van der Waals surface area contributed by atoms with Gasteiger partial charge in [0.05, 0.1) is 12.2 Å². The Morgan fingerprint density at radius 2 is 2.07 bits per heavy atom. The van der Waals surface area contributed by atoms with E-state index in [9.17, 15) is 17.2 Å². The van der Waals surface area contributed by atoms with E-state index < -0.39 is 16.6 Å². The Hall–Kier alpha value is -1.81. The van der Waals surface area contributed by atoms with Crippen LogP contribution >= 0.6 is 24.0 Å². The Morgan fingerprint density at radius 3 is 2.66 bits per heavy atom. The summed E-state index contributed by atoms with van der Waals surface area (Å²) in [6.07, 6.45) is 3.85. The summed E-state index contributed by atoms with van der Waals surface area (Å²) < 4.78 is 57.6. The molecule has 2 aromatic heterocycles. The molecule has 1 aliphatic heterocycles. The Balaban J connectivity index is 0.00000300.